The lowest BCUT2D eigenvalue weighted by atomic mass is 9.73. The van der Waals surface area contributed by atoms with Crippen LogP contribution in [0.3, 0.4) is 0 Å². The van der Waals surface area contributed by atoms with Gasteiger partial charge in [0.15, 0.2) is 23.1 Å². The molecule has 0 amide bonds. The number of benzene rings is 1. The number of fused-ring (bicyclic) bond motifs is 3. The van der Waals surface area contributed by atoms with E-state index < -0.39 is 23.6 Å². The Morgan fingerprint density at radius 1 is 1.07 bits per heavy atom. The third-order valence-corrected chi connectivity index (χ3v) is 9.23. The summed E-state index contributed by atoms with van der Waals surface area (Å²) < 4.78 is 66.1. The monoisotopic (exact) mass is 586 g/mol. The van der Waals surface area contributed by atoms with Crippen LogP contribution in [-0.2, 0) is 11.3 Å². The molecule has 0 spiro atoms. The van der Waals surface area contributed by atoms with Gasteiger partial charge in [-0.05, 0) is 57.2 Å². The average molecular weight is 587 g/mol. The van der Waals surface area contributed by atoms with Crippen molar-refractivity contribution in [2.75, 3.05) is 24.6 Å². The third kappa shape index (κ3) is 4.61. The van der Waals surface area contributed by atoms with Crippen LogP contribution in [0.15, 0.2) is 24.5 Å². The molecule has 7 rings (SSSR count). The minimum Gasteiger partial charge on any atom is -0.376 e. The molecule has 5 heterocycles. The number of hydrogen-bond donors (Lipinski definition) is 0. The molecule has 224 valence electrons. The molecule has 0 N–H and O–H groups in total. The summed E-state index contributed by atoms with van der Waals surface area (Å²) in [7, 11) is 0. The predicted octanol–water partition coefficient (Wildman–Crippen LogP) is 4.93. The van der Waals surface area contributed by atoms with Crippen LogP contribution in [0.25, 0.3) is 16.9 Å². The number of nitrogens with zero attached hydrogens (tertiary/aromatic N) is 8. The SMILES string of the molecule is Cc1nc2c(N3C[C@@H](C)N(C(c4ccc(F)c(F)c4)C4CC(F)(F)C4)C[C@@H]3C)nc3nncn3c2n1C[C@@H]1CCCO1. The van der Waals surface area contributed by atoms with E-state index in [0.29, 0.717) is 36.8 Å². The van der Waals surface area contributed by atoms with Crippen molar-refractivity contribution in [3.8, 4) is 0 Å². The van der Waals surface area contributed by atoms with Crippen molar-refractivity contribution in [3.63, 3.8) is 0 Å². The summed E-state index contributed by atoms with van der Waals surface area (Å²) in [4.78, 5) is 14.2. The van der Waals surface area contributed by atoms with Crippen molar-refractivity contribution in [1.29, 1.82) is 0 Å². The van der Waals surface area contributed by atoms with Crippen molar-refractivity contribution < 1.29 is 22.3 Å². The molecule has 3 aliphatic rings. The zero-order valence-corrected chi connectivity index (χ0v) is 23.9. The first-order valence-corrected chi connectivity index (χ1v) is 14.6. The van der Waals surface area contributed by atoms with Gasteiger partial charge in [0.2, 0.25) is 5.92 Å². The van der Waals surface area contributed by atoms with Gasteiger partial charge in [-0.3, -0.25) is 4.90 Å². The van der Waals surface area contributed by atoms with Crippen LogP contribution in [0.2, 0.25) is 0 Å². The second-order valence-corrected chi connectivity index (χ2v) is 12.2. The van der Waals surface area contributed by atoms with Crippen LogP contribution in [0.4, 0.5) is 23.4 Å². The molecule has 1 aromatic carbocycles. The van der Waals surface area contributed by atoms with Gasteiger partial charge in [-0.1, -0.05) is 6.07 Å². The topological polar surface area (TPSA) is 76.6 Å². The molecule has 9 nitrogen and oxygen atoms in total. The third-order valence-electron chi connectivity index (χ3n) is 9.23. The van der Waals surface area contributed by atoms with Crippen molar-refractivity contribution in [3.05, 3.63) is 47.5 Å². The molecule has 2 saturated heterocycles. The number of ether oxygens (including phenoxy) is 1. The second kappa shape index (κ2) is 10.1. The lowest BCUT2D eigenvalue weighted by Gasteiger charge is -2.52. The van der Waals surface area contributed by atoms with Gasteiger partial charge in [-0.15, -0.1) is 10.2 Å². The summed E-state index contributed by atoms with van der Waals surface area (Å²) in [5.41, 5.74) is 2.11. The zero-order valence-electron chi connectivity index (χ0n) is 23.9. The van der Waals surface area contributed by atoms with E-state index in [9.17, 15) is 17.6 Å². The van der Waals surface area contributed by atoms with Crippen LogP contribution in [0.5, 0.6) is 0 Å². The van der Waals surface area contributed by atoms with E-state index in [1.807, 2.05) is 18.2 Å². The second-order valence-electron chi connectivity index (χ2n) is 12.2. The highest BCUT2D eigenvalue weighted by molar-refractivity contribution is 5.87. The first-order valence-electron chi connectivity index (χ1n) is 14.6. The lowest BCUT2D eigenvalue weighted by Crippen LogP contribution is -2.59. The van der Waals surface area contributed by atoms with E-state index in [-0.39, 0.29) is 36.9 Å². The number of imidazole rings is 1. The molecule has 3 aromatic heterocycles. The van der Waals surface area contributed by atoms with E-state index in [1.165, 1.54) is 6.07 Å². The maximum Gasteiger partial charge on any atom is 0.258 e. The van der Waals surface area contributed by atoms with Crippen LogP contribution >= 0.6 is 0 Å². The van der Waals surface area contributed by atoms with Gasteiger partial charge >= 0.3 is 0 Å². The maximum atomic E-state index is 14.3. The summed E-state index contributed by atoms with van der Waals surface area (Å²) in [6, 6.07) is 3.13. The average Bonchev–Trinajstić information content (AvgIpc) is 3.68. The molecule has 0 radical (unpaired) electrons. The summed E-state index contributed by atoms with van der Waals surface area (Å²) >= 11 is 0. The largest absolute Gasteiger partial charge is 0.376 e. The fourth-order valence-corrected chi connectivity index (χ4v) is 7.16. The Hall–Kier alpha value is -3.32. The van der Waals surface area contributed by atoms with E-state index in [1.54, 1.807) is 6.33 Å². The van der Waals surface area contributed by atoms with Crippen molar-refractivity contribution >= 4 is 22.8 Å². The van der Waals surface area contributed by atoms with Gasteiger partial charge in [0, 0.05) is 50.7 Å². The molecule has 3 fully saturated rings. The van der Waals surface area contributed by atoms with Crippen LogP contribution in [0.1, 0.15) is 57.0 Å². The van der Waals surface area contributed by atoms with Crippen LogP contribution in [-0.4, -0.2) is 77.8 Å². The highest BCUT2D eigenvalue weighted by Gasteiger charge is 2.51. The highest BCUT2D eigenvalue weighted by Crippen LogP contribution is 2.51. The smallest absolute Gasteiger partial charge is 0.258 e. The molecule has 1 unspecified atom stereocenters. The maximum absolute atomic E-state index is 14.3. The lowest BCUT2D eigenvalue weighted by molar-refractivity contribution is -0.137. The van der Waals surface area contributed by atoms with E-state index in [4.69, 9.17) is 14.7 Å². The van der Waals surface area contributed by atoms with Gasteiger partial charge in [0.1, 0.15) is 17.7 Å². The Morgan fingerprint density at radius 3 is 2.60 bits per heavy atom. The number of aromatic nitrogens is 6. The number of piperazine rings is 1. The quantitative estimate of drug-likeness (QED) is 0.297. The van der Waals surface area contributed by atoms with Gasteiger partial charge < -0.3 is 14.2 Å². The molecule has 0 bridgehead atoms. The van der Waals surface area contributed by atoms with Gasteiger partial charge in [-0.25, -0.2) is 26.9 Å². The molecular formula is C29H34F4N8O. The van der Waals surface area contributed by atoms with Crippen molar-refractivity contribution in [2.24, 2.45) is 5.92 Å². The Balaban J connectivity index is 1.24. The number of alkyl halides is 2. The Bertz CT molecular complexity index is 1620. The van der Waals surface area contributed by atoms with Crippen molar-refractivity contribution in [1.82, 2.24) is 34.0 Å². The van der Waals surface area contributed by atoms with Crippen molar-refractivity contribution in [2.45, 2.75) is 83.2 Å². The number of halogens is 4. The van der Waals surface area contributed by atoms with E-state index in [2.05, 4.69) is 31.5 Å². The number of aryl methyl sites for hydroxylation is 1. The highest BCUT2D eigenvalue weighted by atomic mass is 19.3. The standard InChI is InChI=1S/C29H34F4N8O/c1-16-13-39(17(2)12-38(16)25(20-10-29(32,33)11-20)19-6-7-22(30)23(31)9-19)26-24-27(41-15-34-37-28(41)36-26)40(18(3)35-24)14-21-5-4-8-42-21/h6-7,9,15-17,20-21,25H,4-5,8,10-14H2,1-3H3/t16-,17+,21+,25?/m1/s1. The molecule has 42 heavy (non-hydrogen) atoms. The fourth-order valence-electron chi connectivity index (χ4n) is 7.16. The van der Waals surface area contributed by atoms with E-state index >= 15 is 0 Å². The molecule has 1 saturated carbocycles. The molecule has 4 atom stereocenters. The summed E-state index contributed by atoms with van der Waals surface area (Å²) in [5.74, 6) is -3.02. The molecular weight excluding hydrogens is 552 g/mol. The number of rotatable bonds is 6. The first-order chi connectivity index (χ1) is 20.1. The first kappa shape index (κ1) is 27.5. The molecule has 2 aliphatic heterocycles. The summed E-state index contributed by atoms with van der Waals surface area (Å²) in [6.45, 7) is 8.55. The minimum atomic E-state index is -2.73. The minimum absolute atomic E-state index is 0.0840. The molecule has 13 heteroatoms. The summed E-state index contributed by atoms with van der Waals surface area (Å²) in [6.07, 6.45) is 3.24. The van der Waals surface area contributed by atoms with Crippen LogP contribution < -0.4 is 4.90 Å². The van der Waals surface area contributed by atoms with Gasteiger partial charge in [0.25, 0.3) is 5.78 Å². The fraction of sp³-hybridized carbons (Fsp3) is 0.586. The predicted molar refractivity (Wildman–Crippen MR) is 148 cm³/mol. The Labute approximate surface area is 240 Å². The van der Waals surface area contributed by atoms with Gasteiger partial charge in [0.05, 0.1) is 12.6 Å². The molecule has 1 aliphatic carbocycles. The summed E-state index contributed by atoms with van der Waals surface area (Å²) in [5, 5.41) is 8.38. The normalized spacial score (nSPS) is 25.9. The number of anilines is 1. The Kier molecular flexibility index (Phi) is 6.65. The van der Waals surface area contributed by atoms with Crippen LogP contribution in [0, 0.1) is 24.5 Å². The van der Waals surface area contributed by atoms with Gasteiger partial charge in [-0.2, -0.15) is 4.98 Å². The zero-order chi connectivity index (χ0) is 29.3. The molecule has 4 aromatic rings. The van der Waals surface area contributed by atoms with E-state index in [0.717, 1.165) is 48.6 Å². The number of hydrogen-bond acceptors (Lipinski definition) is 7. The Morgan fingerprint density at radius 2 is 1.88 bits per heavy atom.